The molecule has 1 aliphatic rings. The molecule has 0 fully saturated rings. The lowest BCUT2D eigenvalue weighted by Crippen LogP contribution is -2.18. The fourth-order valence-corrected chi connectivity index (χ4v) is 7.41. The quantitative estimate of drug-likeness (QED) is 0.218. The molecular formula is C38H23N3S. The average molecular weight is 554 g/mol. The van der Waals surface area contributed by atoms with Crippen molar-refractivity contribution in [2.45, 2.75) is 0 Å². The van der Waals surface area contributed by atoms with E-state index in [0.29, 0.717) is 5.95 Å². The molecule has 8 aromatic rings. The van der Waals surface area contributed by atoms with Gasteiger partial charge in [-0.2, -0.15) is 0 Å². The van der Waals surface area contributed by atoms with Crippen LogP contribution in [0.3, 0.4) is 0 Å². The number of aromatic nitrogens is 2. The van der Waals surface area contributed by atoms with Crippen LogP contribution < -0.4 is 4.90 Å². The van der Waals surface area contributed by atoms with E-state index in [9.17, 15) is 0 Å². The largest absolute Gasteiger partial charge is 0.278 e. The maximum absolute atomic E-state index is 5.25. The third-order valence-corrected chi connectivity index (χ3v) is 9.34. The Kier molecular flexibility index (Phi) is 5.07. The molecule has 0 amide bonds. The van der Waals surface area contributed by atoms with Crippen molar-refractivity contribution in [3.8, 4) is 33.6 Å². The summed E-state index contributed by atoms with van der Waals surface area (Å²) in [6.45, 7) is 0. The smallest absolute Gasteiger partial charge is 0.235 e. The Morgan fingerprint density at radius 2 is 1.14 bits per heavy atom. The SMILES string of the molecule is c1ccc(-c2cc(-c3ccccc3)nc(N3c4cc5sc6ccccc6c5cc4-c4cccc5cccc3c45)n2)cc1. The van der Waals surface area contributed by atoms with Gasteiger partial charge in [-0.15, -0.1) is 11.3 Å². The Bertz CT molecular complexity index is 2240. The first-order chi connectivity index (χ1) is 20.8. The van der Waals surface area contributed by atoms with Crippen LogP contribution in [0.5, 0.6) is 0 Å². The van der Waals surface area contributed by atoms with Crippen molar-refractivity contribution in [2.24, 2.45) is 0 Å². The van der Waals surface area contributed by atoms with Gasteiger partial charge in [-0.1, -0.05) is 109 Å². The molecule has 42 heavy (non-hydrogen) atoms. The molecule has 0 aliphatic carbocycles. The molecule has 0 spiro atoms. The summed E-state index contributed by atoms with van der Waals surface area (Å²) in [4.78, 5) is 12.8. The van der Waals surface area contributed by atoms with E-state index in [2.05, 4.69) is 132 Å². The highest BCUT2D eigenvalue weighted by molar-refractivity contribution is 7.25. The lowest BCUT2D eigenvalue weighted by atomic mass is 9.90. The van der Waals surface area contributed by atoms with Crippen molar-refractivity contribution < 1.29 is 0 Å². The van der Waals surface area contributed by atoms with E-state index < -0.39 is 0 Å². The third kappa shape index (κ3) is 3.52. The first-order valence-corrected chi connectivity index (χ1v) is 14.9. The van der Waals surface area contributed by atoms with Gasteiger partial charge in [0, 0.05) is 42.2 Å². The average Bonchev–Trinajstić information content (AvgIpc) is 3.42. The maximum atomic E-state index is 5.25. The summed E-state index contributed by atoms with van der Waals surface area (Å²) in [6, 6.07) is 49.4. The van der Waals surface area contributed by atoms with E-state index in [0.717, 1.165) is 33.9 Å². The van der Waals surface area contributed by atoms with Gasteiger partial charge in [-0.3, -0.25) is 4.90 Å². The topological polar surface area (TPSA) is 29.0 Å². The number of hydrogen-bond acceptors (Lipinski definition) is 4. The predicted octanol–water partition coefficient (Wildman–Crippen LogP) is 10.8. The summed E-state index contributed by atoms with van der Waals surface area (Å²) in [5.74, 6) is 0.666. The van der Waals surface area contributed by atoms with Gasteiger partial charge in [0.25, 0.3) is 0 Å². The van der Waals surface area contributed by atoms with Crippen LogP contribution >= 0.6 is 11.3 Å². The number of anilines is 3. The fourth-order valence-electron chi connectivity index (χ4n) is 6.29. The molecular weight excluding hydrogens is 531 g/mol. The first-order valence-electron chi connectivity index (χ1n) is 14.1. The van der Waals surface area contributed by atoms with Gasteiger partial charge in [0.2, 0.25) is 5.95 Å². The second kappa shape index (κ2) is 9.10. The summed E-state index contributed by atoms with van der Waals surface area (Å²) in [5.41, 5.74) is 8.57. The van der Waals surface area contributed by atoms with Crippen LogP contribution in [0, 0.1) is 0 Å². The van der Waals surface area contributed by atoms with Gasteiger partial charge in [0.05, 0.1) is 22.8 Å². The number of thiophene rings is 1. The van der Waals surface area contributed by atoms with Crippen LogP contribution in [0.1, 0.15) is 0 Å². The van der Waals surface area contributed by atoms with Crippen molar-refractivity contribution in [1.82, 2.24) is 9.97 Å². The van der Waals surface area contributed by atoms with Gasteiger partial charge in [0.1, 0.15) is 0 Å². The highest BCUT2D eigenvalue weighted by Crippen LogP contribution is 2.52. The van der Waals surface area contributed by atoms with Crippen molar-refractivity contribution >= 4 is 59.6 Å². The minimum Gasteiger partial charge on any atom is -0.278 e. The van der Waals surface area contributed by atoms with E-state index in [1.54, 1.807) is 0 Å². The number of nitrogens with zero attached hydrogens (tertiary/aromatic N) is 3. The molecule has 0 unspecified atom stereocenters. The Hall–Kier alpha value is -5.32. The summed E-state index contributed by atoms with van der Waals surface area (Å²) in [5, 5.41) is 5.01. The highest BCUT2D eigenvalue weighted by atomic mass is 32.1. The van der Waals surface area contributed by atoms with Crippen molar-refractivity contribution in [3.63, 3.8) is 0 Å². The van der Waals surface area contributed by atoms with E-state index in [1.807, 2.05) is 23.5 Å². The Morgan fingerprint density at radius 3 is 1.88 bits per heavy atom. The molecule has 1 aliphatic heterocycles. The Morgan fingerprint density at radius 1 is 0.476 bits per heavy atom. The summed E-state index contributed by atoms with van der Waals surface area (Å²) >= 11 is 1.84. The number of rotatable bonds is 3. The summed E-state index contributed by atoms with van der Waals surface area (Å²) < 4.78 is 2.56. The number of benzene rings is 6. The molecule has 4 heteroatoms. The molecule has 6 aromatic carbocycles. The van der Waals surface area contributed by atoms with Crippen LogP contribution in [-0.2, 0) is 0 Å². The first kappa shape index (κ1) is 23.4. The molecule has 9 rings (SSSR count). The van der Waals surface area contributed by atoms with Crippen LogP contribution in [0.15, 0.2) is 140 Å². The molecule has 0 atom stereocenters. The Labute approximate surface area is 247 Å². The standard InChI is InChI=1S/C38H23N3S/c1-3-11-24(12-4-1)31-22-32(25-13-5-2-6-14-25)40-38(39-31)41-33-19-10-16-26-15-9-18-28(37(26)33)29-21-30-27-17-7-8-20-35(27)42-36(30)23-34(29)41/h1-23H. The zero-order valence-corrected chi connectivity index (χ0v) is 23.3. The van der Waals surface area contributed by atoms with Crippen molar-refractivity contribution in [2.75, 3.05) is 4.90 Å². The van der Waals surface area contributed by atoms with Gasteiger partial charge in [0.15, 0.2) is 0 Å². The van der Waals surface area contributed by atoms with Crippen LogP contribution in [-0.4, -0.2) is 9.97 Å². The molecule has 196 valence electrons. The molecule has 0 bridgehead atoms. The fraction of sp³-hybridized carbons (Fsp3) is 0. The van der Waals surface area contributed by atoms with Gasteiger partial charge in [-0.05, 0) is 41.3 Å². The van der Waals surface area contributed by atoms with Gasteiger partial charge in [-0.25, -0.2) is 9.97 Å². The normalized spacial score (nSPS) is 12.2. The van der Waals surface area contributed by atoms with Crippen LogP contribution in [0.4, 0.5) is 17.3 Å². The minimum atomic E-state index is 0.666. The summed E-state index contributed by atoms with van der Waals surface area (Å²) in [7, 11) is 0. The third-order valence-electron chi connectivity index (χ3n) is 8.20. The molecule has 0 radical (unpaired) electrons. The monoisotopic (exact) mass is 553 g/mol. The van der Waals surface area contributed by atoms with E-state index >= 15 is 0 Å². The van der Waals surface area contributed by atoms with Crippen LogP contribution in [0.25, 0.3) is 64.6 Å². The number of hydrogen-bond donors (Lipinski definition) is 0. The van der Waals surface area contributed by atoms with E-state index in [1.165, 1.54) is 42.1 Å². The van der Waals surface area contributed by atoms with Crippen LogP contribution in [0.2, 0.25) is 0 Å². The highest BCUT2D eigenvalue weighted by Gasteiger charge is 2.29. The molecule has 3 nitrogen and oxygen atoms in total. The Balaban J connectivity index is 1.38. The molecule has 0 saturated carbocycles. The zero-order chi connectivity index (χ0) is 27.6. The second-order valence-electron chi connectivity index (χ2n) is 10.7. The maximum Gasteiger partial charge on any atom is 0.235 e. The lowest BCUT2D eigenvalue weighted by Gasteiger charge is -2.32. The van der Waals surface area contributed by atoms with Gasteiger partial charge < -0.3 is 0 Å². The predicted molar refractivity (Wildman–Crippen MR) is 177 cm³/mol. The zero-order valence-electron chi connectivity index (χ0n) is 22.5. The number of fused-ring (bicyclic) bond motifs is 5. The van der Waals surface area contributed by atoms with E-state index in [-0.39, 0.29) is 0 Å². The minimum absolute atomic E-state index is 0.666. The molecule has 2 aromatic heterocycles. The van der Waals surface area contributed by atoms with Gasteiger partial charge >= 0.3 is 0 Å². The van der Waals surface area contributed by atoms with Crippen molar-refractivity contribution in [1.29, 1.82) is 0 Å². The summed E-state index contributed by atoms with van der Waals surface area (Å²) in [6.07, 6.45) is 0. The molecule has 3 heterocycles. The second-order valence-corrected chi connectivity index (χ2v) is 11.7. The molecule has 0 N–H and O–H groups in total. The van der Waals surface area contributed by atoms with E-state index in [4.69, 9.17) is 9.97 Å². The lowest BCUT2D eigenvalue weighted by molar-refractivity contribution is 1.09. The van der Waals surface area contributed by atoms with Crippen molar-refractivity contribution in [3.05, 3.63) is 140 Å². The molecule has 0 saturated heterocycles.